The molecule has 3 rings (SSSR count). The summed E-state index contributed by atoms with van der Waals surface area (Å²) in [5, 5.41) is 3.93. The minimum absolute atomic E-state index is 0.141. The number of benzene rings is 2. The maximum absolute atomic E-state index is 12.7. The Labute approximate surface area is 176 Å². The number of quaternary nitrogens is 1. The zero-order valence-corrected chi connectivity index (χ0v) is 17.7. The molecule has 2 N–H and O–H groups in total. The summed E-state index contributed by atoms with van der Waals surface area (Å²) in [6, 6.07) is 13.6. The summed E-state index contributed by atoms with van der Waals surface area (Å²) in [5.41, 5.74) is 2.74. The third-order valence-electron chi connectivity index (χ3n) is 5.08. The van der Waals surface area contributed by atoms with Crippen LogP contribution in [-0.2, 0) is 4.74 Å². The lowest BCUT2D eigenvalue weighted by molar-refractivity contribution is -0.937. The maximum Gasteiger partial charge on any atom is 0.253 e. The first kappa shape index (κ1) is 20.9. The van der Waals surface area contributed by atoms with Gasteiger partial charge in [-0.05, 0) is 30.3 Å². The van der Waals surface area contributed by atoms with E-state index in [0.29, 0.717) is 22.2 Å². The van der Waals surface area contributed by atoms with Crippen molar-refractivity contribution in [3.63, 3.8) is 0 Å². The van der Waals surface area contributed by atoms with Crippen molar-refractivity contribution in [3.8, 4) is 0 Å². The summed E-state index contributed by atoms with van der Waals surface area (Å²) in [4.78, 5) is 16.2. The largest absolute Gasteiger partial charge is 0.378 e. The first-order valence-electron chi connectivity index (χ1n) is 9.38. The lowest BCUT2D eigenvalue weighted by atomic mass is 10.0. The molecule has 0 unspecified atom stereocenters. The van der Waals surface area contributed by atoms with E-state index in [2.05, 4.69) is 34.5 Å². The average molecular weight is 423 g/mol. The Balaban J connectivity index is 1.77. The van der Waals surface area contributed by atoms with Crippen LogP contribution in [0.5, 0.6) is 0 Å². The van der Waals surface area contributed by atoms with Crippen molar-refractivity contribution in [3.05, 3.63) is 63.6 Å². The first-order valence-corrected chi connectivity index (χ1v) is 10.1. The summed E-state index contributed by atoms with van der Waals surface area (Å²) in [6.45, 7) is 3.80. The summed E-state index contributed by atoms with van der Waals surface area (Å²) < 4.78 is 5.51. The van der Waals surface area contributed by atoms with Gasteiger partial charge in [-0.3, -0.25) is 4.79 Å². The monoisotopic (exact) mass is 422 g/mol. The van der Waals surface area contributed by atoms with Gasteiger partial charge in [0.2, 0.25) is 0 Å². The zero-order chi connectivity index (χ0) is 20.1. The molecule has 1 saturated heterocycles. The molecule has 2 aromatic carbocycles. The number of carbonyl (C=O) groups is 1. The van der Waals surface area contributed by atoms with Crippen LogP contribution in [0.3, 0.4) is 0 Å². The van der Waals surface area contributed by atoms with E-state index in [0.717, 1.165) is 32.0 Å². The average Bonchev–Trinajstić information content (AvgIpc) is 2.71. The normalized spacial score (nSPS) is 15.9. The zero-order valence-electron chi connectivity index (χ0n) is 16.2. The second kappa shape index (κ2) is 9.61. The Morgan fingerprint density at radius 2 is 1.82 bits per heavy atom. The van der Waals surface area contributed by atoms with Gasteiger partial charge in [-0.15, -0.1) is 0 Å². The first-order chi connectivity index (χ1) is 13.5. The number of anilines is 1. The van der Waals surface area contributed by atoms with Gasteiger partial charge in [0.05, 0.1) is 30.3 Å². The molecule has 0 aliphatic carbocycles. The number of nitrogens with zero attached hydrogens (tertiary/aromatic N) is 1. The van der Waals surface area contributed by atoms with Crippen LogP contribution in [0.2, 0.25) is 10.0 Å². The summed E-state index contributed by atoms with van der Waals surface area (Å²) in [6.07, 6.45) is 0. The fourth-order valence-corrected chi connectivity index (χ4v) is 3.82. The Kier molecular flexibility index (Phi) is 7.18. The molecule has 1 heterocycles. The topological polar surface area (TPSA) is 46.0 Å². The van der Waals surface area contributed by atoms with Gasteiger partial charge in [0.1, 0.15) is 19.1 Å². The quantitative estimate of drug-likeness (QED) is 0.751. The highest BCUT2D eigenvalue weighted by atomic mass is 35.5. The van der Waals surface area contributed by atoms with E-state index in [9.17, 15) is 4.79 Å². The van der Waals surface area contributed by atoms with Gasteiger partial charge in [-0.25, -0.2) is 0 Å². The smallest absolute Gasteiger partial charge is 0.253 e. The van der Waals surface area contributed by atoms with Crippen molar-refractivity contribution in [2.45, 2.75) is 6.04 Å². The predicted octanol–water partition coefficient (Wildman–Crippen LogP) is 2.45. The molecular formula is C21H26Cl2N3O2+. The molecule has 0 saturated carbocycles. The third kappa shape index (κ3) is 5.17. The molecule has 1 aliphatic rings. The number of halogens is 2. The van der Waals surface area contributed by atoms with Gasteiger partial charge >= 0.3 is 0 Å². The van der Waals surface area contributed by atoms with Crippen LogP contribution in [0.1, 0.15) is 22.0 Å². The van der Waals surface area contributed by atoms with Gasteiger partial charge in [-0.2, -0.15) is 0 Å². The molecule has 0 radical (unpaired) electrons. The van der Waals surface area contributed by atoms with Crippen LogP contribution in [0.4, 0.5) is 5.69 Å². The van der Waals surface area contributed by atoms with Crippen LogP contribution >= 0.6 is 23.2 Å². The standard InChI is InChI=1S/C21H25Cl2N3O2/c1-25(2)17-6-3-15(4-7-17)20(26-9-11-28-12-10-26)14-24-21(27)18-13-16(22)5-8-19(18)23/h3-8,13,20H,9-12,14H2,1-2H3,(H,24,27)/p+1/t20-/m1/s1. The number of rotatable bonds is 6. The van der Waals surface area contributed by atoms with E-state index >= 15 is 0 Å². The fraction of sp³-hybridized carbons (Fsp3) is 0.381. The molecule has 28 heavy (non-hydrogen) atoms. The number of carbonyl (C=O) groups excluding carboxylic acids is 1. The van der Waals surface area contributed by atoms with Crippen molar-refractivity contribution in [1.82, 2.24) is 5.32 Å². The van der Waals surface area contributed by atoms with Crippen LogP contribution in [0.15, 0.2) is 42.5 Å². The van der Waals surface area contributed by atoms with Gasteiger partial charge in [0.15, 0.2) is 0 Å². The molecule has 1 fully saturated rings. The number of ether oxygens (including phenoxy) is 1. The van der Waals surface area contributed by atoms with Gasteiger partial charge in [0.25, 0.3) is 5.91 Å². The van der Waals surface area contributed by atoms with Crippen LogP contribution in [0, 0.1) is 0 Å². The molecule has 1 aliphatic heterocycles. The third-order valence-corrected chi connectivity index (χ3v) is 5.64. The highest BCUT2D eigenvalue weighted by molar-refractivity contribution is 6.35. The number of hydrogen-bond acceptors (Lipinski definition) is 3. The molecule has 1 amide bonds. The molecule has 0 aromatic heterocycles. The van der Waals surface area contributed by atoms with Gasteiger partial charge < -0.3 is 19.9 Å². The number of morpholine rings is 1. The molecular weight excluding hydrogens is 397 g/mol. The van der Waals surface area contributed by atoms with E-state index in [1.807, 2.05) is 14.1 Å². The molecule has 0 spiro atoms. The van der Waals surface area contributed by atoms with Gasteiger partial charge in [-0.1, -0.05) is 35.3 Å². The minimum Gasteiger partial charge on any atom is -0.378 e. The number of amides is 1. The maximum atomic E-state index is 12.7. The molecule has 2 aromatic rings. The summed E-state index contributed by atoms with van der Waals surface area (Å²) >= 11 is 12.2. The van der Waals surface area contributed by atoms with Crippen molar-refractivity contribution < 1.29 is 14.4 Å². The SMILES string of the molecule is CN(C)c1ccc([C@@H](CNC(=O)c2cc(Cl)ccc2Cl)[NH+]2CCOCC2)cc1. The lowest BCUT2D eigenvalue weighted by Gasteiger charge is -2.32. The Bertz CT molecular complexity index is 806. The van der Waals surface area contributed by atoms with E-state index < -0.39 is 0 Å². The molecule has 0 bridgehead atoms. The van der Waals surface area contributed by atoms with E-state index in [1.165, 1.54) is 10.5 Å². The lowest BCUT2D eigenvalue weighted by Crippen LogP contribution is -3.15. The number of nitrogens with one attached hydrogen (secondary N) is 2. The second-order valence-electron chi connectivity index (χ2n) is 7.14. The van der Waals surface area contributed by atoms with Crippen molar-refractivity contribution in [1.29, 1.82) is 0 Å². The molecule has 5 nitrogen and oxygen atoms in total. The van der Waals surface area contributed by atoms with Crippen molar-refractivity contribution in [2.24, 2.45) is 0 Å². The highest BCUT2D eigenvalue weighted by Crippen LogP contribution is 2.21. The Morgan fingerprint density at radius 1 is 1.14 bits per heavy atom. The summed E-state index contributed by atoms with van der Waals surface area (Å²) in [5.74, 6) is -0.213. The van der Waals surface area contributed by atoms with Crippen molar-refractivity contribution in [2.75, 3.05) is 51.8 Å². The Morgan fingerprint density at radius 3 is 2.46 bits per heavy atom. The highest BCUT2D eigenvalue weighted by Gasteiger charge is 2.27. The van der Waals surface area contributed by atoms with E-state index in [4.69, 9.17) is 27.9 Å². The predicted molar refractivity (Wildman–Crippen MR) is 114 cm³/mol. The van der Waals surface area contributed by atoms with Gasteiger partial charge in [0, 0.05) is 30.4 Å². The second-order valence-corrected chi connectivity index (χ2v) is 7.99. The van der Waals surface area contributed by atoms with Crippen LogP contribution in [0.25, 0.3) is 0 Å². The van der Waals surface area contributed by atoms with E-state index in [-0.39, 0.29) is 11.9 Å². The van der Waals surface area contributed by atoms with E-state index in [1.54, 1.807) is 18.2 Å². The fourth-order valence-electron chi connectivity index (χ4n) is 3.45. The minimum atomic E-state index is -0.213. The molecule has 150 valence electrons. The summed E-state index contributed by atoms with van der Waals surface area (Å²) in [7, 11) is 4.04. The molecule has 7 heteroatoms. The van der Waals surface area contributed by atoms with Crippen LogP contribution < -0.4 is 15.1 Å². The van der Waals surface area contributed by atoms with Crippen molar-refractivity contribution >= 4 is 34.8 Å². The molecule has 1 atom stereocenters. The Hall–Kier alpha value is -1.79. The number of hydrogen-bond donors (Lipinski definition) is 2. The van der Waals surface area contributed by atoms with Crippen LogP contribution in [-0.4, -0.2) is 52.9 Å².